The number of carbonyl (C=O) groups is 1. The van der Waals surface area contributed by atoms with Crippen LogP contribution < -0.4 is 5.32 Å². The van der Waals surface area contributed by atoms with E-state index in [-0.39, 0.29) is 11.9 Å². The zero-order valence-corrected chi connectivity index (χ0v) is 10.4. The minimum atomic E-state index is -0.188. The quantitative estimate of drug-likeness (QED) is 0.838. The van der Waals surface area contributed by atoms with Crippen LogP contribution in [0.25, 0.3) is 0 Å². The largest absolute Gasteiger partial charge is 0.381 e. The third-order valence-electron chi connectivity index (χ3n) is 2.98. The summed E-state index contributed by atoms with van der Waals surface area (Å²) in [5, 5.41) is 3.25. The number of carbonyl (C=O) groups excluding carboxylic acids is 1. The second kappa shape index (κ2) is 5.47. The molecule has 1 amide bonds. The first-order chi connectivity index (χ1) is 8.16. The Hall–Kier alpha value is -1.13. The Bertz CT molecular complexity index is 405. The Balaban J connectivity index is 1.96. The van der Waals surface area contributed by atoms with Crippen molar-refractivity contribution in [2.45, 2.75) is 19.4 Å². The average molecular weight is 255 g/mol. The minimum absolute atomic E-state index is 0.0887. The summed E-state index contributed by atoms with van der Waals surface area (Å²) in [4.78, 5) is 15.9. The predicted octanol–water partition coefficient (Wildman–Crippen LogP) is 1.89. The summed E-state index contributed by atoms with van der Waals surface area (Å²) in [6.07, 6.45) is 0.990. The van der Waals surface area contributed by atoms with Crippen LogP contribution in [0.15, 0.2) is 18.2 Å². The number of amides is 1. The molecule has 0 saturated carbocycles. The molecule has 0 bridgehead atoms. The molecule has 4 nitrogen and oxygen atoms in total. The van der Waals surface area contributed by atoms with Gasteiger partial charge in [-0.05, 0) is 25.5 Å². The molecule has 1 saturated heterocycles. The van der Waals surface area contributed by atoms with Crippen molar-refractivity contribution in [2.24, 2.45) is 5.92 Å². The van der Waals surface area contributed by atoms with Gasteiger partial charge in [0.05, 0.1) is 6.61 Å². The number of hydrogen-bond acceptors (Lipinski definition) is 3. The number of ether oxygens (including phenoxy) is 1. The summed E-state index contributed by atoms with van der Waals surface area (Å²) in [5.74, 6) is 0.199. The van der Waals surface area contributed by atoms with Gasteiger partial charge in [0.25, 0.3) is 5.91 Å². The van der Waals surface area contributed by atoms with Gasteiger partial charge in [-0.25, -0.2) is 4.98 Å². The molecule has 1 aromatic heterocycles. The molecule has 2 atom stereocenters. The maximum absolute atomic E-state index is 11.9. The van der Waals surface area contributed by atoms with Crippen LogP contribution in [0.1, 0.15) is 23.8 Å². The molecule has 1 aliphatic rings. The van der Waals surface area contributed by atoms with Gasteiger partial charge in [0, 0.05) is 18.6 Å². The van der Waals surface area contributed by atoms with Crippen LogP contribution in [0, 0.1) is 5.92 Å². The molecule has 1 aliphatic heterocycles. The normalized spacial score (nSPS) is 21.2. The molecule has 17 heavy (non-hydrogen) atoms. The maximum Gasteiger partial charge on any atom is 0.270 e. The second-order valence-corrected chi connectivity index (χ2v) is 4.62. The molecule has 0 aromatic carbocycles. The van der Waals surface area contributed by atoms with Crippen molar-refractivity contribution >= 4 is 17.5 Å². The van der Waals surface area contributed by atoms with Gasteiger partial charge in [-0.1, -0.05) is 17.7 Å². The molecule has 5 heteroatoms. The van der Waals surface area contributed by atoms with Crippen LogP contribution in [0.4, 0.5) is 0 Å². The van der Waals surface area contributed by atoms with Gasteiger partial charge in [0.15, 0.2) is 0 Å². The minimum Gasteiger partial charge on any atom is -0.381 e. The number of rotatable bonds is 3. The summed E-state index contributed by atoms with van der Waals surface area (Å²) in [7, 11) is 0. The SMILES string of the molecule is CC(NC(=O)c1cccc(Cl)n1)C1CCOC1. The van der Waals surface area contributed by atoms with E-state index in [4.69, 9.17) is 16.3 Å². The van der Waals surface area contributed by atoms with Crippen LogP contribution >= 0.6 is 11.6 Å². The Labute approximate surface area is 105 Å². The first kappa shape index (κ1) is 12.3. The highest BCUT2D eigenvalue weighted by Gasteiger charge is 2.24. The topological polar surface area (TPSA) is 51.2 Å². The van der Waals surface area contributed by atoms with Gasteiger partial charge in [-0.3, -0.25) is 4.79 Å². The van der Waals surface area contributed by atoms with E-state index in [9.17, 15) is 4.79 Å². The van der Waals surface area contributed by atoms with Crippen LogP contribution in [-0.2, 0) is 4.74 Å². The Morgan fingerprint density at radius 3 is 3.12 bits per heavy atom. The zero-order chi connectivity index (χ0) is 12.3. The number of nitrogens with zero attached hydrogens (tertiary/aromatic N) is 1. The third-order valence-corrected chi connectivity index (χ3v) is 3.19. The lowest BCUT2D eigenvalue weighted by Gasteiger charge is -2.18. The summed E-state index contributed by atoms with van der Waals surface area (Å²) in [5.41, 5.74) is 0.350. The van der Waals surface area contributed by atoms with Crippen LogP contribution in [-0.4, -0.2) is 30.1 Å². The lowest BCUT2D eigenvalue weighted by molar-refractivity contribution is 0.0917. The Morgan fingerprint density at radius 2 is 2.47 bits per heavy atom. The fourth-order valence-electron chi connectivity index (χ4n) is 1.88. The predicted molar refractivity (Wildman–Crippen MR) is 65.1 cm³/mol. The van der Waals surface area contributed by atoms with Gasteiger partial charge >= 0.3 is 0 Å². The highest BCUT2D eigenvalue weighted by atomic mass is 35.5. The fraction of sp³-hybridized carbons (Fsp3) is 0.500. The van der Waals surface area contributed by atoms with Crippen molar-refractivity contribution in [1.29, 1.82) is 0 Å². The molecule has 2 heterocycles. The number of pyridine rings is 1. The highest BCUT2D eigenvalue weighted by molar-refractivity contribution is 6.29. The zero-order valence-electron chi connectivity index (χ0n) is 9.65. The Morgan fingerprint density at radius 1 is 1.65 bits per heavy atom. The molecule has 0 spiro atoms. The van der Waals surface area contributed by atoms with E-state index >= 15 is 0 Å². The first-order valence-corrected chi connectivity index (χ1v) is 6.06. The molecule has 2 unspecified atom stereocenters. The smallest absolute Gasteiger partial charge is 0.270 e. The van der Waals surface area contributed by atoms with Gasteiger partial charge in [-0.15, -0.1) is 0 Å². The van der Waals surface area contributed by atoms with Crippen molar-refractivity contribution in [3.63, 3.8) is 0 Å². The summed E-state index contributed by atoms with van der Waals surface area (Å²) in [6.45, 7) is 3.48. The van der Waals surface area contributed by atoms with Crippen molar-refractivity contribution in [3.8, 4) is 0 Å². The van der Waals surface area contributed by atoms with Gasteiger partial charge < -0.3 is 10.1 Å². The monoisotopic (exact) mass is 254 g/mol. The number of nitrogens with one attached hydrogen (secondary N) is 1. The van der Waals surface area contributed by atoms with Gasteiger partial charge in [0.2, 0.25) is 0 Å². The van der Waals surface area contributed by atoms with Gasteiger partial charge in [-0.2, -0.15) is 0 Å². The van der Waals surface area contributed by atoms with Crippen LogP contribution in [0.3, 0.4) is 0 Å². The summed E-state index contributed by atoms with van der Waals surface area (Å²) in [6, 6.07) is 5.10. The van der Waals surface area contributed by atoms with Crippen LogP contribution in [0.5, 0.6) is 0 Å². The molecule has 0 radical (unpaired) electrons. The van der Waals surface area contributed by atoms with E-state index in [1.807, 2.05) is 6.92 Å². The standard InChI is InChI=1S/C12H15ClN2O2/c1-8(9-5-6-17-7-9)14-12(16)10-3-2-4-11(13)15-10/h2-4,8-9H,5-7H2,1H3,(H,14,16). The van der Waals surface area contributed by atoms with Crippen LogP contribution in [0.2, 0.25) is 5.15 Å². The second-order valence-electron chi connectivity index (χ2n) is 4.23. The van der Waals surface area contributed by atoms with Crippen molar-refractivity contribution in [2.75, 3.05) is 13.2 Å². The molecule has 92 valence electrons. The first-order valence-electron chi connectivity index (χ1n) is 5.68. The van der Waals surface area contributed by atoms with E-state index in [1.54, 1.807) is 18.2 Å². The summed E-state index contributed by atoms with van der Waals surface area (Å²) >= 11 is 5.74. The molecule has 1 aromatic rings. The molecule has 1 fully saturated rings. The molecule has 0 aliphatic carbocycles. The van der Waals surface area contributed by atoms with Crippen molar-refractivity contribution in [3.05, 3.63) is 29.0 Å². The highest BCUT2D eigenvalue weighted by Crippen LogP contribution is 2.16. The average Bonchev–Trinajstić information content (AvgIpc) is 2.82. The third kappa shape index (κ3) is 3.17. The lowest BCUT2D eigenvalue weighted by Crippen LogP contribution is -2.38. The van der Waals surface area contributed by atoms with E-state index in [0.717, 1.165) is 13.0 Å². The number of hydrogen-bond donors (Lipinski definition) is 1. The van der Waals surface area contributed by atoms with E-state index in [1.165, 1.54) is 0 Å². The Kier molecular flexibility index (Phi) is 3.97. The van der Waals surface area contributed by atoms with E-state index in [0.29, 0.717) is 23.4 Å². The number of halogens is 1. The van der Waals surface area contributed by atoms with E-state index in [2.05, 4.69) is 10.3 Å². The van der Waals surface area contributed by atoms with E-state index < -0.39 is 0 Å². The lowest BCUT2D eigenvalue weighted by atomic mass is 10.0. The fourth-order valence-corrected chi connectivity index (χ4v) is 2.04. The maximum atomic E-state index is 11.9. The molecular formula is C12H15ClN2O2. The molecule has 1 N–H and O–H groups in total. The summed E-state index contributed by atoms with van der Waals surface area (Å²) < 4.78 is 5.30. The number of aromatic nitrogens is 1. The molecular weight excluding hydrogens is 240 g/mol. The van der Waals surface area contributed by atoms with Gasteiger partial charge in [0.1, 0.15) is 10.8 Å². The van der Waals surface area contributed by atoms with Crippen molar-refractivity contribution in [1.82, 2.24) is 10.3 Å². The molecule has 2 rings (SSSR count). The van der Waals surface area contributed by atoms with Crippen molar-refractivity contribution < 1.29 is 9.53 Å².